The van der Waals surface area contributed by atoms with Gasteiger partial charge < -0.3 is 4.74 Å². The van der Waals surface area contributed by atoms with Gasteiger partial charge in [-0.05, 0) is 38.7 Å². The summed E-state index contributed by atoms with van der Waals surface area (Å²) in [4.78, 5) is 11.8. The van der Waals surface area contributed by atoms with Crippen LogP contribution in [0.4, 0.5) is 0 Å². The van der Waals surface area contributed by atoms with Crippen LogP contribution < -0.4 is 0 Å². The average Bonchev–Trinajstić information content (AvgIpc) is 2.44. The highest BCUT2D eigenvalue weighted by Crippen LogP contribution is 2.09. The second-order valence-corrected chi connectivity index (χ2v) is 5.11. The van der Waals surface area contributed by atoms with Gasteiger partial charge in [-0.25, -0.2) is 0 Å². The van der Waals surface area contributed by atoms with Crippen LogP contribution in [0.25, 0.3) is 0 Å². The van der Waals surface area contributed by atoms with Crippen LogP contribution in [0.2, 0.25) is 0 Å². The quantitative estimate of drug-likeness (QED) is 0.516. The number of ether oxygens (including phenoxy) is 1. The van der Waals surface area contributed by atoms with Crippen molar-refractivity contribution in [1.82, 2.24) is 0 Å². The van der Waals surface area contributed by atoms with Crippen molar-refractivity contribution in [2.75, 3.05) is 0 Å². The first-order valence-corrected chi connectivity index (χ1v) is 7.11. The van der Waals surface area contributed by atoms with Gasteiger partial charge in [-0.3, -0.25) is 4.79 Å². The summed E-state index contributed by atoms with van der Waals surface area (Å²) in [5, 5.41) is 0. The van der Waals surface area contributed by atoms with Crippen molar-refractivity contribution in [2.45, 2.75) is 45.6 Å². The maximum atomic E-state index is 11.8. The molecule has 0 saturated carbocycles. The summed E-state index contributed by atoms with van der Waals surface area (Å²) < 4.78 is 5.42. The normalized spacial score (nSPS) is 11.5. The minimum atomic E-state index is -0.186. The van der Waals surface area contributed by atoms with Crippen LogP contribution in [0.3, 0.4) is 0 Å². The molecule has 2 heteroatoms. The molecule has 0 aliphatic carbocycles. The lowest BCUT2D eigenvalue weighted by Crippen LogP contribution is -2.16. The van der Waals surface area contributed by atoms with Gasteiger partial charge in [0.1, 0.15) is 6.10 Å². The average molecular weight is 272 g/mol. The number of aryl methyl sites for hydroxylation is 1. The molecule has 0 saturated heterocycles. The van der Waals surface area contributed by atoms with E-state index in [-0.39, 0.29) is 12.1 Å². The third-order valence-electron chi connectivity index (χ3n) is 3.01. The highest BCUT2D eigenvalue weighted by atomic mass is 16.5. The van der Waals surface area contributed by atoms with Gasteiger partial charge in [0.25, 0.3) is 0 Å². The van der Waals surface area contributed by atoms with Gasteiger partial charge in [0.2, 0.25) is 0 Å². The summed E-state index contributed by atoms with van der Waals surface area (Å²) >= 11 is 0. The first-order chi connectivity index (χ1) is 9.61. The van der Waals surface area contributed by atoms with Crippen molar-refractivity contribution in [3.8, 4) is 0 Å². The lowest BCUT2D eigenvalue weighted by Gasteiger charge is -2.13. The molecule has 0 heterocycles. The highest BCUT2D eigenvalue weighted by Gasteiger charge is 2.10. The van der Waals surface area contributed by atoms with E-state index in [9.17, 15) is 4.79 Å². The fraction of sp³-hybridized carbons (Fsp3) is 0.389. The molecule has 0 fully saturated rings. The molecular weight excluding hydrogens is 248 g/mol. The van der Waals surface area contributed by atoms with E-state index in [1.54, 1.807) is 6.08 Å². The second kappa shape index (κ2) is 9.13. The number of hydrogen-bond acceptors (Lipinski definition) is 2. The van der Waals surface area contributed by atoms with Crippen LogP contribution in [0, 0.1) is 0 Å². The van der Waals surface area contributed by atoms with Crippen molar-refractivity contribution in [1.29, 1.82) is 0 Å². The Morgan fingerprint density at radius 1 is 1.30 bits per heavy atom. The SMILES string of the molecule is C=C[C@@H](CCC=C(C)C)OC(=O)CCc1ccccc1. The van der Waals surface area contributed by atoms with Crippen molar-refractivity contribution in [3.63, 3.8) is 0 Å². The second-order valence-electron chi connectivity index (χ2n) is 5.11. The van der Waals surface area contributed by atoms with E-state index in [1.807, 2.05) is 30.3 Å². The van der Waals surface area contributed by atoms with Gasteiger partial charge in [-0.2, -0.15) is 0 Å². The molecule has 2 nitrogen and oxygen atoms in total. The van der Waals surface area contributed by atoms with E-state index in [0.717, 1.165) is 24.8 Å². The van der Waals surface area contributed by atoms with Gasteiger partial charge in [0.05, 0.1) is 0 Å². The summed E-state index contributed by atoms with van der Waals surface area (Å²) in [6.45, 7) is 7.86. The largest absolute Gasteiger partial charge is 0.458 e. The van der Waals surface area contributed by atoms with Gasteiger partial charge >= 0.3 is 5.97 Å². The molecule has 1 atom stereocenters. The first kappa shape index (κ1) is 16.2. The molecule has 1 aromatic carbocycles. The molecule has 108 valence electrons. The number of hydrogen-bond donors (Lipinski definition) is 0. The lowest BCUT2D eigenvalue weighted by molar-refractivity contribution is -0.147. The molecule has 0 spiro atoms. The molecule has 1 rings (SSSR count). The van der Waals surface area contributed by atoms with Crippen LogP contribution in [-0.2, 0) is 16.0 Å². The first-order valence-electron chi connectivity index (χ1n) is 7.11. The van der Waals surface area contributed by atoms with Gasteiger partial charge in [-0.15, -0.1) is 0 Å². The summed E-state index contributed by atoms with van der Waals surface area (Å²) in [6.07, 6.45) is 6.51. The van der Waals surface area contributed by atoms with E-state index in [1.165, 1.54) is 5.57 Å². The number of carbonyl (C=O) groups is 1. The third-order valence-corrected chi connectivity index (χ3v) is 3.01. The molecule has 0 aromatic heterocycles. The molecular formula is C18H24O2. The fourth-order valence-corrected chi connectivity index (χ4v) is 1.88. The maximum Gasteiger partial charge on any atom is 0.306 e. The minimum absolute atomic E-state index is 0.157. The Morgan fingerprint density at radius 3 is 2.60 bits per heavy atom. The zero-order chi connectivity index (χ0) is 14.8. The summed E-state index contributed by atoms with van der Waals surface area (Å²) in [5.41, 5.74) is 2.44. The van der Waals surface area contributed by atoms with Gasteiger partial charge in [0.15, 0.2) is 0 Å². The maximum absolute atomic E-state index is 11.8. The van der Waals surface area contributed by atoms with E-state index >= 15 is 0 Å². The standard InChI is InChI=1S/C18H24O2/c1-4-17(12-8-9-15(2)3)20-18(19)14-13-16-10-6-5-7-11-16/h4-7,9-11,17H,1,8,12-14H2,2-3H3/t17-/m0/s1. The molecule has 20 heavy (non-hydrogen) atoms. The van der Waals surface area contributed by atoms with Crippen LogP contribution in [0.1, 0.15) is 38.7 Å². The molecule has 0 bridgehead atoms. The third kappa shape index (κ3) is 6.93. The molecule has 0 radical (unpaired) electrons. The zero-order valence-electron chi connectivity index (χ0n) is 12.5. The fourth-order valence-electron chi connectivity index (χ4n) is 1.88. The number of carbonyl (C=O) groups excluding carboxylic acids is 1. The zero-order valence-corrected chi connectivity index (χ0v) is 12.5. The Morgan fingerprint density at radius 2 is 2.00 bits per heavy atom. The van der Waals surface area contributed by atoms with Gasteiger partial charge in [-0.1, -0.05) is 54.6 Å². The number of benzene rings is 1. The van der Waals surface area contributed by atoms with Crippen LogP contribution in [0.15, 0.2) is 54.6 Å². The van der Waals surface area contributed by atoms with Crippen molar-refractivity contribution in [2.24, 2.45) is 0 Å². The van der Waals surface area contributed by atoms with Crippen LogP contribution >= 0.6 is 0 Å². The molecule has 0 unspecified atom stereocenters. The number of esters is 1. The summed E-state index contributed by atoms with van der Waals surface area (Å²) in [5.74, 6) is -0.157. The molecule has 0 aliphatic rings. The molecule has 1 aromatic rings. The van der Waals surface area contributed by atoms with Crippen LogP contribution in [-0.4, -0.2) is 12.1 Å². The van der Waals surface area contributed by atoms with Crippen molar-refractivity contribution >= 4 is 5.97 Å². The Hall–Kier alpha value is -1.83. The summed E-state index contributed by atoms with van der Waals surface area (Å²) in [7, 11) is 0. The number of rotatable bonds is 8. The predicted octanol–water partition coefficient (Wildman–Crippen LogP) is 4.46. The Bertz CT molecular complexity index is 442. The number of allylic oxidation sites excluding steroid dienone is 2. The topological polar surface area (TPSA) is 26.3 Å². The van der Waals surface area contributed by atoms with Gasteiger partial charge in [0, 0.05) is 6.42 Å². The van der Waals surface area contributed by atoms with Crippen LogP contribution in [0.5, 0.6) is 0 Å². The molecule has 0 amide bonds. The minimum Gasteiger partial charge on any atom is -0.458 e. The van der Waals surface area contributed by atoms with Crippen molar-refractivity contribution < 1.29 is 9.53 Å². The lowest BCUT2D eigenvalue weighted by atomic mass is 10.1. The Labute approximate surface area is 122 Å². The monoisotopic (exact) mass is 272 g/mol. The van der Waals surface area contributed by atoms with Crippen molar-refractivity contribution in [3.05, 3.63) is 60.2 Å². The predicted molar refractivity (Wildman–Crippen MR) is 83.5 cm³/mol. The van der Waals surface area contributed by atoms with E-state index in [0.29, 0.717) is 6.42 Å². The Balaban J connectivity index is 2.32. The highest BCUT2D eigenvalue weighted by molar-refractivity contribution is 5.70. The summed E-state index contributed by atoms with van der Waals surface area (Å²) in [6, 6.07) is 9.97. The Kier molecular flexibility index (Phi) is 7.41. The van der Waals surface area contributed by atoms with E-state index < -0.39 is 0 Å². The molecule has 0 aliphatic heterocycles. The smallest absolute Gasteiger partial charge is 0.306 e. The van der Waals surface area contributed by atoms with E-state index in [2.05, 4.69) is 26.5 Å². The molecule has 0 N–H and O–H groups in total. The van der Waals surface area contributed by atoms with E-state index in [4.69, 9.17) is 4.74 Å².